The summed E-state index contributed by atoms with van der Waals surface area (Å²) in [6.07, 6.45) is 8.14. The molecule has 2 heterocycles. The van der Waals surface area contributed by atoms with Gasteiger partial charge in [0, 0.05) is 34.4 Å². The van der Waals surface area contributed by atoms with Crippen LogP contribution < -0.4 is 9.84 Å². The Morgan fingerprint density at radius 2 is 1.79 bits per heavy atom. The molecule has 0 atom stereocenters. The molecule has 4 nitrogen and oxygen atoms in total. The van der Waals surface area contributed by atoms with Crippen LogP contribution in [-0.2, 0) is 4.79 Å². The number of carbonyl (C=O) groups is 1. The van der Waals surface area contributed by atoms with Crippen molar-refractivity contribution in [3.05, 3.63) is 107 Å². The minimum Gasteiger partial charge on any atom is -0.871 e. The number of benzene rings is 2. The highest BCUT2D eigenvalue weighted by atomic mass is 16.5. The van der Waals surface area contributed by atoms with Gasteiger partial charge >= 0.3 is 11.8 Å². The lowest BCUT2D eigenvalue weighted by atomic mass is 9.84. The van der Waals surface area contributed by atoms with Crippen molar-refractivity contribution in [2.24, 2.45) is 0 Å². The van der Waals surface area contributed by atoms with Crippen LogP contribution in [0, 0.1) is 0 Å². The van der Waals surface area contributed by atoms with Gasteiger partial charge in [0.2, 0.25) is 0 Å². The van der Waals surface area contributed by atoms with Gasteiger partial charge in [-0.3, -0.25) is 4.79 Å². The highest BCUT2D eigenvalue weighted by molar-refractivity contribution is 6.24. The van der Waals surface area contributed by atoms with E-state index in [1.807, 2.05) is 48.5 Å². The van der Waals surface area contributed by atoms with Crippen molar-refractivity contribution < 1.29 is 19.1 Å². The molecule has 4 heteroatoms. The van der Waals surface area contributed by atoms with Crippen molar-refractivity contribution in [3.63, 3.8) is 0 Å². The van der Waals surface area contributed by atoms with Crippen LogP contribution >= 0.6 is 0 Å². The third-order valence-corrected chi connectivity index (χ3v) is 4.86. The first kappa shape index (κ1) is 16.3. The number of Topliss-reactive ketones (excluding diaryl/α,β-unsaturated/α-hetero) is 1. The van der Waals surface area contributed by atoms with Crippen LogP contribution in [0.15, 0.2) is 101 Å². The van der Waals surface area contributed by atoms with Gasteiger partial charge in [-0.05, 0) is 35.9 Å². The lowest BCUT2D eigenvalue weighted by Gasteiger charge is -2.29. The number of ether oxygens (including phenoxy) is 1. The van der Waals surface area contributed by atoms with Gasteiger partial charge < -0.3 is 9.84 Å². The third kappa shape index (κ3) is 2.55. The van der Waals surface area contributed by atoms with Gasteiger partial charge in [0.1, 0.15) is 5.75 Å². The number of fused-ring (bicyclic) bond motifs is 2. The maximum absolute atomic E-state index is 12.6. The molecule has 0 saturated carbocycles. The van der Waals surface area contributed by atoms with E-state index in [2.05, 4.69) is 0 Å². The summed E-state index contributed by atoms with van der Waals surface area (Å²) in [4.78, 5) is 12.6. The maximum atomic E-state index is 12.6. The Morgan fingerprint density at radius 3 is 2.68 bits per heavy atom. The van der Waals surface area contributed by atoms with Crippen molar-refractivity contribution in [1.29, 1.82) is 0 Å². The number of ketones is 1. The molecule has 0 saturated heterocycles. The van der Waals surface area contributed by atoms with Crippen LogP contribution in [-0.4, -0.2) is 5.78 Å². The van der Waals surface area contributed by atoms with E-state index in [0.29, 0.717) is 11.3 Å². The van der Waals surface area contributed by atoms with Gasteiger partial charge in [-0.1, -0.05) is 36.1 Å². The first-order chi connectivity index (χ1) is 13.7. The summed E-state index contributed by atoms with van der Waals surface area (Å²) in [7, 11) is 0. The molecule has 0 bridgehead atoms. The molecule has 0 radical (unpaired) electrons. The summed E-state index contributed by atoms with van der Waals surface area (Å²) in [6.45, 7) is 0. The van der Waals surface area contributed by atoms with E-state index in [1.165, 1.54) is 0 Å². The molecule has 1 aromatic heterocycles. The number of hydrogen-bond donors (Lipinski definition) is 0. The van der Waals surface area contributed by atoms with Crippen molar-refractivity contribution in [1.82, 2.24) is 0 Å². The van der Waals surface area contributed by atoms with E-state index in [9.17, 15) is 9.90 Å². The quantitative estimate of drug-likeness (QED) is 0.502. The Kier molecular flexibility index (Phi) is 3.69. The maximum Gasteiger partial charge on any atom is 0.360 e. The standard InChI is InChI=1S/C24H14O4/c25-23-19(13-15-9-11-27-21-7-3-1-5-17(15)21)24(26)20(23)14-16-10-12-28-22-8-4-2-6-18(16)22/h1-14H. The van der Waals surface area contributed by atoms with Crippen LogP contribution in [0.2, 0.25) is 0 Å². The van der Waals surface area contributed by atoms with Crippen LogP contribution in [0.4, 0.5) is 0 Å². The lowest BCUT2D eigenvalue weighted by molar-refractivity contribution is -0.300. The molecule has 1 aliphatic heterocycles. The average molecular weight is 366 g/mol. The zero-order valence-corrected chi connectivity index (χ0v) is 14.7. The molecule has 0 N–H and O–H groups in total. The average Bonchev–Trinajstić information content (AvgIpc) is 2.75. The van der Waals surface area contributed by atoms with Crippen molar-refractivity contribution >= 4 is 28.4 Å². The highest BCUT2D eigenvalue weighted by Gasteiger charge is 2.27. The molecule has 28 heavy (non-hydrogen) atoms. The molecule has 0 amide bonds. The Balaban J connectivity index is 1.56. The molecule has 0 unspecified atom stereocenters. The number of hydrogen-bond acceptors (Lipinski definition) is 3. The Morgan fingerprint density at radius 1 is 0.964 bits per heavy atom. The SMILES string of the molecule is O=C1C(=Cc2cc[o+]c3ccccc23)C([O-])=C1C=C1C=COc2ccccc21. The van der Waals surface area contributed by atoms with Crippen molar-refractivity contribution in [3.8, 4) is 5.75 Å². The summed E-state index contributed by atoms with van der Waals surface area (Å²) in [5.74, 6) is 0.200. The molecule has 2 aliphatic rings. The normalized spacial score (nSPS) is 18.4. The zero-order chi connectivity index (χ0) is 19.1. The molecule has 3 aromatic rings. The van der Waals surface area contributed by atoms with E-state index in [0.717, 1.165) is 22.1 Å². The number of allylic oxidation sites excluding steroid dienone is 5. The highest BCUT2D eigenvalue weighted by Crippen LogP contribution is 2.36. The van der Waals surface area contributed by atoms with Gasteiger partial charge in [-0.2, -0.15) is 0 Å². The number of carbonyl (C=O) groups excluding carboxylic acids is 1. The van der Waals surface area contributed by atoms with Crippen LogP contribution in [0.1, 0.15) is 11.1 Å². The number of para-hydroxylation sites is 2. The Hall–Kier alpha value is -3.92. The third-order valence-electron chi connectivity index (χ3n) is 4.86. The van der Waals surface area contributed by atoms with Gasteiger partial charge in [0.15, 0.2) is 5.78 Å². The largest absolute Gasteiger partial charge is 0.871 e. The van der Waals surface area contributed by atoms with E-state index >= 15 is 0 Å². The monoisotopic (exact) mass is 366 g/mol. The molecule has 0 fully saturated rings. The van der Waals surface area contributed by atoms with Gasteiger partial charge in [-0.25, -0.2) is 4.42 Å². The van der Waals surface area contributed by atoms with E-state index in [4.69, 9.17) is 9.15 Å². The first-order valence-corrected chi connectivity index (χ1v) is 8.84. The second kappa shape index (κ2) is 6.35. The van der Waals surface area contributed by atoms with E-state index in [1.54, 1.807) is 36.8 Å². The predicted octanol–water partition coefficient (Wildman–Crippen LogP) is 4.28. The van der Waals surface area contributed by atoms with Crippen LogP contribution in [0.3, 0.4) is 0 Å². The zero-order valence-electron chi connectivity index (χ0n) is 14.7. The topological polar surface area (TPSA) is 60.7 Å². The fraction of sp³-hybridized carbons (Fsp3) is 0. The van der Waals surface area contributed by atoms with E-state index in [-0.39, 0.29) is 22.7 Å². The first-order valence-electron chi connectivity index (χ1n) is 8.84. The fourth-order valence-corrected chi connectivity index (χ4v) is 3.42. The summed E-state index contributed by atoms with van der Waals surface area (Å²) >= 11 is 0. The summed E-state index contributed by atoms with van der Waals surface area (Å²) in [5, 5.41) is 13.5. The molecule has 0 spiro atoms. The number of rotatable bonds is 2. The molecule has 1 aliphatic carbocycles. The van der Waals surface area contributed by atoms with Crippen molar-refractivity contribution in [2.45, 2.75) is 0 Å². The van der Waals surface area contributed by atoms with Crippen LogP contribution in [0.5, 0.6) is 5.75 Å². The smallest absolute Gasteiger partial charge is 0.360 e. The summed E-state index contributed by atoms with van der Waals surface area (Å²) < 4.78 is 10.9. The van der Waals surface area contributed by atoms with Gasteiger partial charge in [0.25, 0.3) is 0 Å². The lowest BCUT2D eigenvalue weighted by Crippen LogP contribution is -2.29. The molecular formula is C24H14O4. The Labute approximate surface area is 161 Å². The summed E-state index contributed by atoms with van der Waals surface area (Å²) in [5.41, 5.74) is 3.49. The second-order valence-corrected chi connectivity index (χ2v) is 6.52. The van der Waals surface area contributed by atoms with Crippen LogP contribution in [0.25, 0.3) is 22.6 Å². The summed E-state index contributed by atoms with van der Waals surface area (Å²) in [6, 6.07) is 16.8. The molecule has 2 aromatic carbocycles. The fourth-order valence-electron chi connectivity index (χ4n) is 3.42. The molecular weight excluding hydrogens is 352 g/mol. The second-order valence-electron chi connectivity index (χ2n) is 6.52. The minimum absolute atomic E-state index is 0.188. The van der Waals surface area contributed by atoms with Crippen molar-refractivity contribution in [2.75, 3.05) is 0 Å². The molecule has 134 valence electrons. The predicted molar refractivity (Wildman–Crippen MR) is 105 cm³/mol. The molecule has 5 rings (SSSR count). The van der Waals surface area contributed by atoms with Gasteiger partial charge in [-0.15, -0.1) is 0 Å². The van der Waals surface area contributed by atoms with Gasteiger partial charge in [0.05, 0.1) is 11.6 Å². The van der Waals surface area contributed by atoms with E-state index < -0.39 is 0 Å². The minimum atomic E-state index is -0.250. The Bertz CT molecular complexity index is 1250.